The lowest BCUT2D eigenvalue weighted by molar-refractivity contribution is -0.272. The molecule has 1 aliphatic carbocycles. The maximum Gasteiger partial charge on any atom is 0.317 e. The molecule has 1 heterocycles. The number of rotatable bonds is 0. The van der Waals surface area contributed by atoms with Crippen molar-refractivity contribution in [2.45, 2.75) is 51.3 Å². The van der Waals surface area contributed by atoms with Gasteiger partial charge in [0.15, 0.2) is 9.90 Å². The van der Waals surface area contributed by atoms with E-state index in [4.69, 9.17) is 74.3 Å². The van der Waals surface area contributed by atoms with E-state index in [-0.39, 0.29) is 6.42 Å². The quantitative estimate of drug-likeness (QED) is 0.390. The first-order valence-electron chi connectivity index (χ1n) is 6.58. The van der Waals surface area contributed by atoms with Gasteiger partial charge in [0, 0.05) is 12.3 Å². The molecule has 2 aliphatic rings. The van der Waals surface area contributed by atoms with Crippen molar-refractivity contribution in [2.24, 2.45) is 11.3 Å². The van der Waals surface area contributed by atoms with Crippen molar-refractivity contribution in [3.63, 3.8) is 0 Å². The summed E-state index contributed by atoms with van der Waals surface area (Å²) in [5, 5.41) is 31.9. The number of carbonyl (C=O) groups excluding carboxylic acids is 1. The molecule has 1 saturated heterocycles. The first-order valence-corrected chi connectivity index (χ1v) is 8.85. The number of fused-ring (bicyclic) bond motifs is 1. The van der Waals surface area contributed by atoms with Crippen molar-refractivity contribution in [2.75, 3.05) is 0 Å². The molecule has 0 radical (unpaired) electrons. The number of hydrogen-bond acceptors (Lipinski definition) is 5. The second-order valence-corrected chi connectivity index (χ2v) is 10.8. The van der Waals surface area contributed by atoms with Crippen LogP contribution in [0.5, 0.6) is 0 Å². The summed E-state index contributed by atoms with van der Waals surface area (Å²) in [5.74, 6) is -2.15. The molecule has 0 amide bonds. The Morgan fingerprint density at radius 1 is 1.13 bits per heavy atom. The molecule has 2 rings (SSSR count). The Bertz CT molecular complexity index is 505. The number of halogens is 6. The third kappa shape index (κ3) is 3.15. The molecule has 0 aromatic carbocycles. The van der Waals surface area contributed by atoms with Crippen molar-refractivity contribution in [3.05, 3.63) is 0 Å². The zero-order valence-corrected chi connectivity index (χ0v) is 16.2. The standard InChI is InChI=1S/C12H14Cl6O5/c1-9-7(20)4(11(13,14)15)2-5(19)10(9,22)3-6(12(16,17)18)23-8(9)21/h4-7,19-20,22H,2-3H2,1H3/t4-,5-,6-,7-,9+,10+/m1/s1. The highest BCUT2D eigenvalue weighted by atomic mass is 35.6. The molecule has 2 fully saturated rings. The van der Waals surface area contributed by atoms with Crippen LogP contribution in [0.3, 0.4) is 0 Å². The molecule has 1 aliphatic heterocycles. The maximum absolute atomic E-state index is 12.5. The van der Waals surface area contributed by atoms with Crippen LogP contribution in [0.15, 0.2) is 0 Å². The van der Waals surface area contributed by atoms with Gasteiger partial charge in [-0.2, -0.15) is 0 Å². The molecule has 1 saturated carbocycles. The van der Waals surface area contributed by atoms with E-state index in [0.717, 1.165) is 0 Å². The molecule has 0 bridgehead atoms. The Morgan fingerprint density at radius 3 is 2.09 bits per heavy atom. The smallest absolute Gasteiger partial charge is 0.317 e. The van der Waals surface area contributed by atoms with Gasteiger partial charge < -0.3 is 20.1 Å². The van der Waals surface area contributed by atoms with Crippen molar-refractivity contribution in [3.8, 4) is 0 Å². The minimum Gasteiger partial charge on any atom is -0.457 e. The Morgan fingerprint density at radius 2 is 1.65 bits per heavy atom. The van der Waals surface area contributed by atoms with E-state index in [1.807, 2.05) is 0 Å². The van der Waals surface area contributed by atoms with Crippen LogP contribution in [-0.4, -0.2) is 52.8 Å². The zero-order chi connectivity index (χ0) is 18.0. The Hall–Kier alpha value is 1.09. The van der Waals surface area contributed by atoms with E-state index in [2.05, 4.69) is 0 Å². The third-order valence-corrected chi connectivity index (χ3v) is 6.43. The SMILES string of the molecule is C[C@]12C(=O)O[C@@H](C(Cl)(Cl)Cl)C[C@]1(O)[C@H](O)C[C@@H](C(Cl)(Cl)Cl)[C@H]2O. The van der Waals surface area contributed by atoms with Crippen LogP contribution >= 0.6 is 69.6 Å². The Labute approximate surface area is 162 Å². The monoisotopic (exact) mass is 448 g/mol. The van der Waals surface area contributed by atoms with Crippen LogP contribution in [0.1, 0.15) is 19.8 Å². The Balaban J connectivity index is 2.49. The van der Waals surface area contributed by atoms with Crippen LogP contribution in [0.25, 0.3) is 0 Å². The number of alkyl halides is 6. The van der Waals surface area contributed by atoms with Gasteiger partial charge in [-0.3, -0.25) is 4.79 Å². The second kappa shape index (κ2) is 6.07. The molecule has 23 heavy (non-hydrogen) atoms. The van der Waals surface area contributed by atoms with E-state index in [1.54, 1.807) is 0 Å². The topological polar surface area (TPSA) is 87.0 Å². The van der Waals surface area contributed by atoms with Crippen LogP contribution in [0, 0.1) is 11.3 Å². The van der Waals surface area contributed by atoms with Gasteiger partial charge in [-0.05, 0) is 13.3 Å². The van der Waals surface area contributed by atoms with E-state index in [0.29, 0.717) is 0 Å². The molecular weight excluding hydrogens is 437 g/mol. The van der Waals surface area contributed by atoms with Crippen LogP contribution in [0.2, 0.25) is 0 Å². The normalized spacial score (nSPS) is 45.4. The average molecular weight is 451 g/mol. The van der Waals surface area contributed by atoms with Crippen LogP contribution < -0.4 is 0 Å². The van der Waals surface area contributed by atoms with Crippen molar-refractivity contribution < 1.29 is 24.9 Å². The van der Waals surface area contributed by atoms with Gasteiger partial charge in [0.1, 0.15) is 11.0 Å². The first kappa shape index (κ1) is 20.4. The lowest BCUT2D eigenvalue weighted by Gasteiger charge is -2.58. The highest BCUT2D eigenvalue weighted by Gasteiger charge is 2.72. The molecule has 6 atom stereocenters. The predicted octanol–water partition coefficient (Wildman–Crippen LogP) is 2.52. The van der Waals surface area contributed by atoms with Gasteiger partial charge in [-0.25, -0.2) is 0 Å². The molecule has 134 valence electrons. The first-order chi connectivity index (χ1) is 10.2. The minimum absolute atomic E-state index is 0.260. The highest BCUT2D eigenvalue weighted by Crippen LogP contribution is 2.58. The molecule has 5 nitrogen and oxygen atoms in total. The summed E-state index contributed by atoms with van der Waals surface area (Å²) < 4.78 is 1.10. The molecule has 11 heteroatoms. The summed E-state index contributed by atoms with van der Waals surface area (Å²) in [6, 6.07) is 0. The molecule has 0 spiro atoms. The molecule has 0 aromatic heterocycles. The summed E-state index contributed by atoms with van der Waals surface area (Å²) in [6.45, 7) is 1.22. The lowest BCUT2D eigenvalue weighted by atomic mass is 9.55. The van der Waals surface area contributed by atoms with Gasteiger partial charge in [-0.1, -0.05) is 69.6 Å². The summed E-state index contributed by atoms with van der Waals surface area (Å²) >= 11 is 34.7. The number of aliphatic hydroxyl groups is 3. The number of hydrogen-bond donors (Lipinski definition) is 3. The summed E-state index contributed by atoms with van der Waals surface area (Å²) in [6.07, 6.45) is -5.05. The van der Waals surface area contributed by atoms with Crippen LogP contribution in [-0.2, 0) is 9.53 Å². The van der Waals surface area contributed by atoms with E-state index in [9.17, 15) is 20.1 Å². The fourth-order valence-corrected chi connectivity index (χ4v) is 4.28. The van der Waals surface area contributed by atoms with E-state index >= 15 is 0 Å². The van der Waals surface area contributed by atoms with Crippen molar-refractivity contribution >= 4 is 75.6 Å². The summed E-state index contributed by atoms with van der Waals surface area (Å²) in [5.41, 5.74) is -4.06. The minimum atomic E-state index is -2.11. The predicted molar refractivity (Wildman–Crippen MR) is 88.3 cm³/mol. The van der Waals surface area contributed by atoms with E-state index < -0.39 is 55.2 Å². The fraction of sp³-hybridized carbons (Fsp3) is 0.917. The number of ether oxygens (including phenoxy) is 1. The van der Waals surface area contributed by atoms with Gasteiger partial charge in [0.25, 0.3) is 0 Å². The lowest BCUT2D eigenvalue weighted by Crippen LogP contribution is -2.74. The average Bonchev–Trinajstić information content (AvgIpc) is 2.36. The van der Waals surface area contributed by atoms with Crippen molar-refractivity contribution in [1.29, 1.82) is 0 Å². The number of aliphatic hydroxyl groups excluding tert-OH is 2. The largest absolute Gasteiger partial charge is 0.457 e. The van der Waals surface area contributed by atoms with Crippen LogP contribution in [0.4, 0.5) is 0 Å². The number of esters is 1. The summed E-state index contributed by atoms with van der Waals surface area (Å²) in [4.78, 5) is 12.5. The highest BCUT2D eigenvalue weighted by molar-refractivity contribution is 6.68. The molecule has 3 N–H and O–H groups in total. The third-order valence-electron chi connectivity index (χ3n) is 4.86. The Kier molecular flexibility index (Phi) is 5.38. The molecular formula is C12H14Cl6O5. The number of cyclic esters (lactones) is 1. The van der Waals surface area contributed by atoms with Crippen molar-refractivity contribution in [1.82, 2.24) is 0 Å². The zero-order valence-electron chi connectivity index (χ0n) is 11.6. The van der Waals surface area contributed by atoms with Gasteiger partial charge in [0.05, 0.1) is 12.2 Å². The number of carbonyl (C=O) groups is 1. The van der Waals surface area contributed by atoms with Gasteiger partial charge >= 0.3 is 5.97 Å². The van der Waals surface area contributed by atoms with Gasteiger partial charge in [0.2, 0.25) is 3.79 Å². The fourth-order valence-electron chi connectivity index (χ4n) is 3.29. The van der Waals surface area contributed by atoms with Gasteiger partial charge in [-0.15, -0.1) is 0 Å². The molecule has 0 aromatic rings. The summed E-state index contributed by atoms with van der Waals surface area (Å²) in [7, 11) is 0. The van der Waals surface area contributed by atoms with E-state index in [1.165, 1.54) is 6.92 Å². The molecule has 0 unspecified atom stereocenters. The second-order valence-electron chi connectivity index (χ2n) is 6.11. The maximum atomic E-state index is 12.5.